The van der Waals surface area contributed by atoms with E-state index in [1.54, 1.807) is 0 Å². The molecule has 98 valence electrons. The molecule has 0 spiro atoms. The molecule has 0 aliphatic rings. The predicted octanol–water partition coefficient (Wildman–Crippen LogP) is 4.98. The van der Waals surface area contributed by atoms with Crippen LogP contribution in [-0.2, 0) is 4.74 Å². The SMILES string of the molecule is C=C(/C=C(/F)C(=C)C)OC(F)(F)C(C)CCC. The van der Waals surface area contributed by atoms with Crippen molar-refractivity contribution in [1.82, 2.24) is 0 Å². The number of hydrogen-bond donors (Lipinski definition) is 0. The van der Waals surface area contributed by atoms with Crippen molar-refractivity contribution in [2.24, 2.45) is 5.92 Å². The molecular formula is C13H19F3O. The summed E-state index contributed by atoms with van der Waals surface area (Å²) < 4.78 is 44.4. The molecule has 1 atom stereocenters. The van der Waals surface area contributed by atoms with Crippen LogP contribution < -0.4 is 0 Å². The molecule has 0 amide bonds. The molecule has 1 unspecified atom stereocenters. The second-order valence-corrected chi connectivity index (χ2v) is 4.09. The van der Waals surface area contributed by atoms with E-state index in [0.717, 1.165) is 6.08 Å². The Balaban J connectivity index is 4.57. The van der Waals surface area contributed by atoms with Gasteiger partial charge < -0.3 is 4.74 Å². The van der Waals surface area contributed by atoms with Crippen LogP contribution in [0, 0.1) is 5.92 Å². The highest BCUT2D eigenvalue weighted by atomic mass is 19.3. The average Bonchev–Trinajstić information content (AvgIpc) is 2.16. The van der Waals surface area contributed by atoms with E-state index in [4.69, 9.17) is 0 Å². The van der Waals surface area contributed by atoms with E-state index in [9.17, 15) is 13.2 Å². The van der Waals surface area contributed by atoms with Gasteiger partial charge in [0.1, 0.15) is 11.6 Å². The molecular weight excluding hydrogens is 229 g/mol. The second-order valence-electron chi connectivity index (χ2n) is 4.09. The third-order valence-corrected chi connectivity index (χ3v) is 2.26. The zero-order valence-electron chi connectivity index (χ0n) is 10.5. The van der Waals surface area contributed by atoms with Gasteiger partial charge in [-0.3, -0.25) is 0 Å². The molecule has 0 aromatic heterocycles. The van der Waals surface area contributed by atoms with Crippen LogP contribution in [0.2, 0.25) is 0 Å². The zero-order valence-corrected chi connectivity index (χ0v) is 10.5. The van der Waals surface area contributed by atoms with Gasteiger partial charge in [0.2, 0.25) is 0 Å². The molecule has 0 saturated carbocycles. The molecule has 0 aliphatic carbocycles. The van der Waals surface area contributed by atoms with E-state index in [0.29, 0.717) is 12.8 Å². The summed E-state index contributed by atoms with van der Waals surface area (Å²) in [5.74, 6) is -2.06. The topological polar surface area (TPSA) is 9.23 Å². The molecule has 0 radical (unpaired) electrons. The third-order valence-electron chi connectivity index (χ3n) is 2.26. The molecule has 0 saturated heterocycles. The van der Waals surface area contributed by atoms with E-state index in [2.05, 4.69) is 17.9 Å². The van der Waals surface area contributed by atoms with E-state index >= 15 is 0 Å². The summed E-state index contributed by atoms with van der Waals surface area (Å²) in [6, 6.07) is 0. The van der Waals surface area contributed by atoms with Crippen molar-refractivity contribution in [3.63, 3.8) is 0 Å². The molecule has 0 aliphatic heterocycles. The fraction of sp³-hybridized carbons (Fsp3) is 0.538. The first-order valence-electron chi connectivity index (χ1n) is 5.49. The number of halogens is 3. The quantitative estimate of drug-likeness (QED) is 0.456. The molecule has 0 bridgehead atoms. The minimum absolute atomic E-state index is 0.139. The summed E-state index contributed by atoms with van der Waals surface area (Å²) in [5, 5.41) is 0. The molecule has 0 rings (SSSR count). The first kappa shape index (κ1) is 15.8. The molecule has 0 aromatic rings. The zero-order chi connectivity index (χ0) is 13.6. The van der Waals surface area contributed by atoms with Crippen molar-refractivity contribution >= 4 is 0 Å². The molecule has 0 aromatic carbocycles. The Morgan fingerprint density at radius 2 is 1.94 bits per heavy atom. The summed E-state index contributed by atoms with van der Waals surface area (Å²) in [7, 11) is 0. The van der Waals surface area contributed by atoms with Crippen molar-refractivity contribution in [3.05, 3.63) is 36.4 Å². The van der Waals surface area contributed by atoms with Crippen molar-refractivity contribution in [2.75, 3.05) is 0 Å². The van der Waals surface area contributed by atoms with Crippen LogP contribution in [0.15, 0.2) is 36.4 Å². The lowest BCUT2D eigenvalue weighted by molar-refractivity contribution is -0.244. The molecule has 0 N–H and O–H groups in total. The van der Waals surface area contributed by atoms with Crippen LogP contribution in [-0.4, -0.2) is 6.11 Å². The lowest BCUT2D eigenvalue weighted by atomic mass is 10.1. The van der Waals surface area contributed by atoms with Gasteiger partial charge in [-0.2, -0.15) is 8.78 Å². The Labute approximate surface area is 101 Å². The minimum atomic E-state index is -3.33. The highest BCUT2D eigenvalue weighted by molar-refractivity contribution is 5.25. The smallest absolute Gasteiger partial charge is 0.400 e. The van der Waals surface area contributed by atoms with Crippen LogP contribution in [0.4, 0.5) is 13.2 Å². The Bertz CT molecular complexity index is 319. The van der Waals surface area contributed by atoms with Gasteiger partial charge in [0.05, 0.1) is 5.92 Å². The summed E-state index contributed by atoms with van der Waals surface area (Å²) in [6.45, 7) is 11.2. The Morgan fingerprint density at radius 3 is 2.35 bits per heavy atom. The first-order chi connectivity index (χ1) is 7.70. The maximum Gasteiger partial charge on any atom is 0.400 e. The van der Waals surface area contributed by atoms with Gasteiger partial charge >= 0.3 is 6.11 Å². The number of ether oxygens (including phenoxy) is 1. The van der Waals surface area contributed by atoms with Crippen molar-refractivity contribution in [3.8, 4) is 0 Å². The highest BCUT2D eigenvalue weighted by Gasteiger charge is 2.38. The van der Waals surface area contributed by atoms with E-state index in [1.807, 2.05) is 6.92 Å². The summed E-state index contributed by atoms with van der Waals surface area (Å²) >= 11 is 0. The van der Waals surface area contributed by atoms with Gasteiger partial charge in [-0.15, -0.1) is 0 Å². The van der Waals surface area contributed by atoms with Crippen LogP contribution in [0.5, 0.6) is 0 Å². The van der Waals surface area contributed by atoms with Crippen LogP contribution in [0.1, 0.15) is 33.6 Å². The maximum absolute atomic E-state index is 13.4. The fourth-order valence-corrected chi connectivity index (χ4v) is 1.17. The first-order valence-corrected chi connectivity index (χ1v) is 5.49. The monoisotopic (exact) mass is 248 g/mol. The minimum Gasteiger partial charge on any atom is -0.433 e. The fourth-order valence-electron chi connectivity index (χ4n) is 1.17. The summed E-state index contributed by atoms with van der Waals surface area (Å²) in [6.07, 6.45) is -1.57. The third kappa shape index (κ3) is 5.61. The average molecular weight is 248 g/mol. The lowest BCUT2D eigenvalue weighted by Gasteiger charge is -2.24. The normalized spacial score (nSPS) is 14.4. The highest BCUT2D eigenvalue weighted by Crippen LogP contribution is 2.31. The lowest BCUT2D eigenvalue weighted by Crippen LogP contribution is -2.28. The van der Waals surface area contributed by atoms with E-state index < -0.39 is 23.6 Å². The molecule has 17 heavy (non-hydrogen) atoms. The molecule has 1 nitrogen and oxygen atoms in total. The van der Waals surface area contributed by atoms with Gasteiger partial charge in [-0.1, -0.05) is 33.4 Å². The summed E-state index contributed by atoms with van der Waals surface area (Å²) in [4.78, 5) is 0. The van der Waals surface area contributed by atoms with Crippen molar-refractivity contribution < 1.29 is 17.9 Å². The standard InChI is InChI=1S/C13H19F3O/c1-6-7-10(4)13(15,16)17-11(5)8-12(14)9(2)3/h8,10H,2,5-7H2,1,3-4H3/b12-8+. The predicted molar refractivity (Wildman–Crippen MR) is 63.2 cm³/mol. The number of allylic oxidation sites excluding steroid dienone is 3. The molecule has 0 fully saturated rings. The number of hydrogen-bond acceptors (Lipinski definition) is 1. The van der Waals surface area contributed by atoms with Crippen LogP contribution in [0.25, 0.3) is 0 Å². The Hall–Kier alpha value is -1.19. The van der Waals surface area contributed by atoms with E-state index in [1.165, 1.54) is 13.8 Å². The van der Waals surface area contributed by atoms with Gasteiger partial charge in [-0.05, 0) is 18.9 Å². The van der Waals surface area contributed by atoms with Gasteiger partial charge in [0, 0.05) is 6.08 Å². The maximum atomic E-state index is 13.4. The van der Waals surface area contributed by atoms with Gasteiger partial charge in [0.25, 0.3) is 0 Å². The van der Waals surface area contributed by atoms with Crippen LogP contribution in [0.3, 0.4) is 0 Å². The second kappa shape index (κ2) is 6.52. The molecule has 4 heteroatoms. The summed E-state index contributed by atoms with van der Waals surface area (Å²) in [5.41, 5.74) is 0.139. The number of alkyl halides is 2. The Kier molecular flexibility index (Phi) is 6.07. The van der Waals surface area contributed by atoms with Crippen LogP contribution >= 0.6 is 0 Å². The van der Waals surface area contributed by atoms with E-state index in [-0.39, 0.29) is 5.57 Å². The number of rotatable bonds is 7. The van der Waals surface area contributed by atoms with Gasteiger partial charge in [0.15, 0.2) is 0 Å². The van der Waals surface area contributed by atoms with Gasteiger partial charge in [-0.25, -0.2) is 4.39 Å². The molecule has 0 heterocycles. The van der Waals surface area contributed by atoms with Crippen molar-refractivity contribution in [1.29, 1.82) is 0 Å². The van der Waals surface area contributed by atoms with Crippen molar-refractivity contribution in [2.45, 2.75) is 39.7 Å². The largest absolute Gasteiger partial charge is 0.433 e. The Morgan fingerprint density at radius 1 is 1.41 bits per heavy atom.